The summed E-state index contributed by atoms with van der Waals surface area (Å²) < 4.78 is 0. The number of nitrogens with one attached hydrogen (secondary N) is 2. The number of amides is 3. The lowest BCUT2D eigenvalue weighted by Crippen LogP contribution is -2.52. The van der Waals surface area contributed by atoms with Crippen LogP contribution in [-0.2, 0) is 20.9 Å². The van der Waals surface area contributed by atoms with E-state index in [9.17, 15) is 14.4 Å². The van der Waals surface area contributed by atoms with Crippen molar-refractivity contribution in [3.05, 3.63) is 34.9 Å². The topological polar surface area (TPSA) is 78.5 Å². The van der Waals surface area contributed by atoms with Crippen LogP contribution in [0.5, 0.6) is 0 Å². The van der Waals surface area contributed by atoms with Crippen molar-refractivity contribution >= 4 is 41.1 Å². The summed E-state index contributed by atoms with van der Waals surface area (Å²) in [6.07, 6.45) is 0.864. The van der Waals surface area contributed by atoms with Gasteiger partial charge >= 0.3 is 0 Å². The Morgan fingerprint density at radius 1 is 1.33 bits per heavy atom. The summed E-state index contributed by atoms with van der Waals surface area (Å²) in [5.74, 6) is 0.595. The maximum atomic E-state index is 12.5. The first kappa shape index (κ1) is 17.1. The number of benzene rings is 1. The summed E-state index contributed by atoms with van der Waals surface area (Å²) in [4.78, 5) is 37.8. The van der Waals surface area contributed by atoms with Crippen molar-refractivity contribution in [2.24, 2.45) is 0 Å². The predicted octanol–water partition coefficient (Wildman–Crippen LogP) is 1.14. The van der Waals surface area contributed by atoms with Crippen LogP contribution < -0.4 is 10.6 Å². The molecule has 0 aliphatic carbocycles. The highest BCUT2D eigenvalue weighted by atomic mass is 35.5. The van der Waals surface area contributed by atoms with Gasteiger partial charge in [-0.25, -0.2) is 0 Å². The van der Waals surface area contributed by atoms with Gasteiger partial charge in [-0.2, -0.15) is 0 Å². The van der Waals surface area contributed by atoms with E-state index in [-0.39, 0.29) is 17.7 Å². The molecule has 2 fully saturated rings. The zero-order valence-electron chi connectivity index (χ0n) is 13.0. The average molecular weight is 368 g/mol. The van der Waals surface area contributed by atoms with Crippen LogP contribution in [-0.4, -0.2) is 46.3 Å². The van der Waals surface area contributed by atoms with Crippen molar-refractivity contribution in [2.45, 2.75) is 31.5 Å². The molecule has 2 atom stereocenters. The van der Waals surface area contributed by atoms with Crippen molar-refractivity contribution in [3.8, 4) is 0 Å². The molecule has 128 valence electrons. The predicted molar refractivity (Wildman–Crippen MR) is 92.4 cm³/mol. The maximum Gasteiger partial charge on any atom is 0.246 e. The Hall–Kier alpha value is -1.73. The lowest BCUT2D eigenvalue weighted by molar-refractivity contribution is -0.139. The van der Waals surface area contributed by atoms with Gasteiger partial charge in [0.05, 0.1) is 5.88 Å². The summed E-state index contributed by atoms with van der Waals surface area (Å²) in [6, 6.07) is 6.25. The van der Waals surface area contributed by atoms with Crippen molar-refractivity contribution < 1.29 is 14.4 Å². The average Bonchev–Trinajstić information content (AvgIpc) is 3.22. The Kier molecular flexibility index (Phi) is 5.30. The molecule has 24 heavy (non-hydrogen) atoms. The SMILES string of the molecule is O=C1CCC(C(=O)N2CSC[C@@H]2C(=O)NCc2ccc(Cl)cc2)N1. The summed E-state index contributed by atoms with van der Waals surface area (Å²) in [5.41, 5.74) is 0.944. The highest BCUT2D eigenvalue weighted by molar-refractivity contribution is 7.99. The lowest BCUT2D eigenvalue weighted by Gasteiger charge is -2.25. The van der Waals surface area contributed by atoms with Crippen LogP contribution in [0.25, 0.3) is 0 Å². The van der Waals surface area contributed by atoms with Crippen molar-refractivity contribution in [1.82, 2.24) is 15.5 Å². The molecule has 2 saturated heterocycles. The van der Waals surface area contributed by atoms with Crippen molar-refractivity contribution in [3.63, 3.8) is 0 Å². The van der Waals surface area contributed by atoms with Crippen LogP contribution in [0.1, 0.15) is 18.4 Å². The summed E-state index contributed by atoms with van der Waals surface area (Å²) in [7, 11) is 0. The second-order valence-electron chi connectivity index (χ2n) is 5.83. The van der Waals surface area contributed by atoms with Gasteiger partial charge in [-0.05, 0) is 24.1 Å². The second kappa shape index (κ2) is 7.44. The van der Waals surface area contributed by atoms with E-state index < -0.39 is 12.1 Å². The third-order valence-electron chi connectivity index (χ3n) is 4.14. The maximum absolute atomic E-state index is 12.5. The molecule has 8 heteroatoms. The minimum atomic E-state index is -0.497. The van der Waals surface area contributed by atoms with Gasteiger partial charge in [0.25, 0.3) is 0 Å². The van der Waals surface area contributed by atoms with E-state index in [2.05, 4.69) is 10.6 Å². The summed E-state index contributed by atoms with van der Waals surface area (Å²) >= 11 is 7.38. The molecule has 2 heterocycles. The van der Waals surface area contributed by atoms with Gasteiger partial charge in [0, 0.05) is 23.7 Å². The highest BCUT2D eigenvalue weighted by Crippen LogP contribution is 2.24. The smallest absolute Gasteiger partial charge is 0.246 e. The molecule has 2 N–H and O–H groups in total. The molecule has 1 aromatic rings. The van der Waals surface area contributed by atoms with Crippen LogP contribution in [0, 0.1) is 0 Å². The zero-order chi connectivity index (χ0) is 17.1. The molecular weight excluding hydrogens is 350 g/mol. The molecule has 6 nitrogen and oxygen atoms in total. The molecule has 0 radical (unpaired) electrons. The number of thioether (sulfide) groups is 1. The van der Waals surface area contributed by atoms with Gasteiger partial charge in [0.1, 0.15) is 12.1 Å². The molecule has 3 amide bonds. The monoisotopic (exact) mass is 367 g/mol. The Labute approximate surface area is 149 Å². The van der Waals surface area contributed by atoms with Gasteiger partial charge in [-0.3, -0.25) is 14.4 Å². The number of rotatable bonds is 4. The third-order valence-corrected chi connectivity index (χ3v) is 5.41. The van der Waals surface area contributed by atoms with Gasteiger partial charge in [0.15, 0.2) is 0 Å². The largest absolute Gasteiger partial charge is 0.350 e. The molecule has 0 aromatic heterocycles. The number of hydrogen-bond acceptors (Lipinski definition) is 4. The molecule has 1 aromatic carbocycles. The molecule has 1 unspecified atom stereocenters. The van der Waals surface area contributed by atoms with Crippen molar-refractivity contribution in [2.75, 3.05) is 11.6 Å². The summed E-state index contributed by atoms with van der Waals surface area (Å²) in [5, 5.41) is 6.18. The van der Waals surface area contributed by atoms with E-state index in [1.807, 2.05) is 12.1 Å². The fourth-order valence-corrected chi connectivity index (χ4v) is 4.08. The van der Waals surface area contributed by atoms with Crippen LogP contribution >= 0.6 is 23.4 Å². The van der Waals surface area contributed by atoms with E-state index in [4.69, 9.17) is 11.6 Å². The first-order valence-electron chi connectivity index (χ1n) is 7.74. The van der Waals surface area contributed by atoms with Gasteiger partial charge in [-0.15, -0.1) is 11.8 Å². The number of halogens is 1. The molecule has 2 aliphatic heterocycles. The first-order chi connectivity index (χ1) is 11.5. The first-order valence-corrected chi connectivity index (χ1v) is 9.27. The zero-order valence-corrected chi connectivity index (χ0v) is 14.5. The second-order valence-corrected chi connectivity index (χ2v) is 7.26. The quantitative estimate of drug-likeness (QED) is 0.836. The Morgan fingerprint density at radius 2 is 2.08 bits per heavy atom. The van der Waals surface area contributed by atoms with Gasteiger partial charge in [-0.1, -0.05) is 23.7 Å². The Balaban J connectivity index is 1.58. The standard InChI is InChI=1S/C16H18ClN3O3S/c17-11-3-1-10(2-4-11)7-18-15(22)13-8-24-9-20(13)16(23)12-5-6-14(21)19-12/h1-4,12-13H,5-9H2,(H,18,22)(H,19,21)/t12?,13-/m1/s1. The van der Waals surface area contributed by atoms with Crippen molar-refractivity contribution in [1.29, 1.82) is 0 Å². The van der Waals surface area contributed by atoms with E-state index >= 15 is 0 Å². The number of carbonyl (C=O) groups excluding carboxylic acids is 3. The normalized spacial score (nSPS) is 23.2. The Morgan fingerprint density at radius 3 is 2.75 bits per heavy atom. The molecule has 3 rings (SSSR count). The van der Waals surface area contributed by atoms with Crippen LogP contribution in [0.3, 0.4) is 0 Å². The molecule has 0 bridgehead atoms. The van der Waals surface area contributed by atoms with E-state index in [1.54, 1.807) is 28.8 Å². The van der Waals surface area contributed by atoms with Crippen LogP contribution in [0.2, 0.25) is 5.02 Å². The minimum absolute atomic E-state index is 0.107. The lowest BCUT2D eigenvalue weighted by atomic mass is 10.1. The molecule has 2 aliphatic rings. The van der Waals surface area contributed by atoms with E-state index in [0.29, 0.717) is 36.0 Å². The number of nitrogens with zero attached hydrogens (tertiary/aromatic N) is 1. The third kappa shape index (κ3) is 3.84. The molecule has 0 saturated carbocycles. The van der Waals surface area contributed by atoms with Gasteiger partial charge in [0.2, 0.25) is 17.7 Å². The molecular formula is C16H18ClN3O3S. The van der Waals surface area contributed by atoms with E-state index in [1.165, 1.54) is 0 Å². The minimum Gasteiger partial charge on any atom is -0.350 e. The fourth-order valence-electron chi connectivity index (χ4n) is 2.79. The van der Waals surface area contributed by atoms with E-state index in [0.717, 1.165) is 5.56 Å². The fraction of sp³-hybridized carbons (Fsp3) is 0.438. The van der Waals surface area contributed by atoms with Crippen LogP contribution in [0.4, 0.5) is 0 Å². The highest BCUT2D eigenvalue weighted by Gasteiger charge is 2.39. The van der Waals surface area contributed by atoms with Crippen LogP contribution in [0.15, 0.2) is 24.3 Å². The van der Waals surface area contributed by atoms with Gasteiger partial charge < -0.3 is 15.5 Å². The number of carbonyl (C=O) groups is 3. The summed E-state index contributed by atoms with van der Waals surface area (Å²) in [6.45, 7) is 0.388. The Bertz CT molecular complexity index is 652. The molecule has 0 spiro atoms. The number of hydrogen-bond donors (Lipinski definition) is 2.